The molecule has 1 nitrogen and oxygen atoms in total. The molecule has 0 bridgehead atoms. The molecule has 0 fully saturated rings. The SMILES string of the molecule is Fc1n[c]ccc1Br. The minimum Gasteiger partial charge on any atom is -0.217 e. The van der Waals surface area contributed by atoms with Gasteiger partial charge >= 0.3 is 0 Å². The van der Waals surface area contributed by atoms with Crippen molar-refractivity contribution < 1.29 is 4.39 Å². The fraction of sp³-hybridized carbons (Fsp3) is 0. The lowest BCUT2D eigenvalue weighted by Gasteiger charge is -1.85. The van der Waals surface area contributed by atoms with Crippen LogP contribution in [0, 0.1) is 12.1 Å². The van der Waals surface area contributed by atoms with Gasteiger partial charge in [-0.3, -0.25) is 0 Å². The average molecular weight is 175 g/mol. The van der Waals surface area contributed by atoms with E-state index in [0.29, 0.717) is 4.47 Å². The van der Waals surface area contributed by atoms with E-state index in [0.717, 1.165) is 0 Å². The highest BCUT2D eigenvalue weighted by Gasteiger charge is 1.93. The van der Waals surface area contributed by atoms with Crippen LogP contribution < -0.4 is 0 Å². The Labute approximate surface area is 54.7 Å². The van der Waals surface area contributed by atoms with Crippen LogP contribution in [0.4, 0.5) is 4.39 Å². The van der Waals surface area contributed by atoms with Crippen molar-refractivity contribution in [3.05, 3.63) is 28.7 Å². The van der Waals surface area contributed by atoms with Gasteiger partial charge in [-0.25, -0.2) is 4.98 Å². The Balaban J connectivity index is 3.13. The summed E-state index contributed by atoms with van der Waals surface area (Å²) in [6.45, 7) is 0. The second-order valence-corrected chi connectivity index (χ2v) is 2.07. The zero-order valence-electron chi connectivity index (χ0n) is 3.86. The van der Waals surface area contributed by atoms with Crippen molar-refractivity contribution in [3.63, 3.8) is 0 Å². The lowest BCUT2D eigenvalue weighted by Crippen LogP contribution is -1.79. The zero-order chi connectivity index (χ0) is 5.98. The van der Waals surface area contributed by atoms with E-state index < -0.39 is 5.95 Å². The minimum atomic E-state index is -0.521. The largest absolute Gasteiger partial charge is 0.227 e. The summed E-state index contributed by atoms with van der Waals surface area (Å²) in [5.74, 6) is -0.521. The van der Waals surface area contributed by atoms with E-state index in [2.05, 4.69) is 27.1 Å². The van der Waals surface area contributed by atoms with Crippen molar-refractivity contribution in [3.8, 4) is 0 Å². The van der Waals surface area contributed by atoms with Crippen molar-refractivity contribution in [1.82, 2.24) is 4.98 Å². The van der Waals surface area contributed by atoms with Crippen molar-refractivity contribution >= 4 is 15.9 Å². The first-order valence-electron chi connectivity index (χ1n) is 1.99. The van der Waals surface area contributed by atoms with Crippen molar-refractivity contribution in [2.45, 2.75) is 0 Å². The van der Waals surface area contributed by atoms with Gasteiger partial charge in [0.25, 0.3) is 0 Å². The van der Waals surface area contributed by atoms with Crippen LogP contribution in [0.2, 0.25) is 0 Å². The lowest BCUT2D eigenvalue weighted by atomic mass is 10.5. The van der Waals surface area contributed by atoms with E-state index in [1.807, 2.05) is 0 Å². The monoisotopic (exact) mass is 174 g/mol. The summed E-state index contributed by atoms with van der Waals surface area (Å²) in [4.78, 5) is 3.24. The third kappa shape index (κ3) is 1.04. The number of pyridine rings is 1. The smallest absolute Gasteiger partial charge is 0.217 e. The van der Waals surface area contributed by atoms with E-state index in [1.165, 1.54) is 6.07 Å². The van der Waals surface area contributed by atoms with E-state index in [-0.39, 0.29) is 0 Å². The lowest BCUT2D eigenvalue weighted by molar-refractivity contribution is 0.576. The third-order valence-electron chi connectivity index (χ3n) is 0.664. The van der Waals surface area contributed by atoms with Gasteiger partial charge in [-0.2, -0.15) is 4.39 Å². The number of hydrogen-bond acceptors (Lipinski definition) is 1. The van der Waals surface area contributed by atoms with Crippen LogP contribution in [0.5, 0.6) is 0 Å². The Morgan fingerprint density at radius 1 is 1.75 bits per heavy atom. The summed E-state index contributed by atoms with van der Waals surface area (Å²) in [6, 6.07) is 3.08. The quantitative estimate of drug-likeness (QED) is 0.547. The number of aromatic nitrogens is 1. The summed E-state index contributed by atoms with van der Waals surface area (Å²) in [5.41, 5.74) is 0. The van der Waals surface area contributed by atoms with Crippen LogP contribution in [0.15, 0.2) is 16.6 Å². The first kappa shape index (κ1) is 5.69. The number of halogens is 2. The molecule has 0 saturated heterocycles. The Morgan fingerprint density at radius 3 is 2.88 bits per heavy atom. The van der Waals surface area contributed by atoms with Gasteiger partial charge in [0.1, 0.15) is 0 Å². The maximum absolute atomic E-state index is 12.1. The molecule has 0 aliphatic heterocycles. The normalized spacial score (nSPS) is 9.25. The Bertz CT molecular complexity index is 169. The average Bonchev–Trinajstić information content (AvgIpc) is 1.77. The van der Waals surface area contributed by atoms with Crippen molar-refractivity contribution in [2.24, 2.45) is 0 Å². The molecule has 41 valence electrons. The van der Waals surface area contributed by atoms with Crippen LogP contribution >= 0.6 is 15.9 Å². The van der Waals surface area contributed by atoms with Crippen LogP contribution in [-0.4, -0.2) is 4.98 Å². The Hall–Kier alpha value is -0.440. The summed E-state index contributed by atoms with van der Waals surface area (Å²) < 4.78 is 12.5. The van der Waals surface area contributed by atoms with Crippen LogP contribution in [0.1, 0.15) is 0 Å². The predicted octanol–water partition coefficient (Wildman–Crippen LogP) is 1.78. The Morgan fingerprint density at radius 2 is 2.50 bits per heavy atom. The Kier molecular flexibility index (Phi) is 1.58. The first-order chi connectivity index (χ1) is 3.80. The highest BCUT2D eigenvalue weighted by atomic mass is 79.9. The molecular formula is C5H2BrFN. The molecular weight excluding hydrogens is 173 g/mol. The van der Waals surface area contributed by atoms with Crippen LogP contribution in [0.3, 0.4) is 0 Å². The van der Waals surface area contributed by atoms with Gasteiger partial charge in [-0.15, -0.1) is 0 Å². The molecule has 0 N–H and O–H groups in total. The molecule has 0 aliphatic carbocycles. The molecule has 8 heavy (non-hydrogen) atoms. The molecule has 1 radical (unpaired) electrons. The van der Waals surface area contributed by atoms with Gasteiger partial charge in [0.05, 0.1) is 10.7 Å². The van der Waals surface area contributed by atoms with Gasteiger partial charge in [0.15, 0.2) is 0 Å². The molecule has 0 aromatic carbocycles. The zero-order valence-corrected chi connectivity index (χ0v) is 5.44. The second kappa shape index (κ2) is 2.22. The van der Waals surface area contributed by atoms with E-state index in [1.54, 1.807) is 6.07 Å². The third-order valence-corrected chi connectivity index (χ3v) is 1.26. The maximum Gasteiger partial charge on any atom is 0.227 e. The molecule has 0 amide bonds. The fourth-order valence-corrected chi connectivity index (χ4v) is 0.547. The minimum absolute atomic E-state index is 0.372. The summed E-state index contributed by atoms with van der Waals surface area (Å²) >= 11 is 2.94. The van der Waals surface area contributed by atoms with E-state index in [4.69, 9.17) is 0 Å². The molecule has 1 aromatic heterocycles. The van der Waals surface area contributed by atoms with Crippen molar-refractivity contribution in [1.29, 1.82) is 0 Å². The van der Waals surface area contributed by atoms with Gasteiger partial charge in [0, 0.05) is 0 Å². The van der Waals surface area contributed by atoms with Crippen LogP contribution in [0.25, 0.3) is 0 Å². The fourth-order valence-electron chi connectivity index (χ4n) is 0.327. The van der Waals surface area contributed by atoms with Crippen molar-refractivity contribution in [2.75, 3.05) is 0 Å². The number of hydrogen-bond donors (Lipinski definition) is 0. The number of rotatable bonds is 0. The highest BCUT2D eigenvalue weighted by Crippen LogP contribution is 2.09. The molecule has 1 aromatic rings. The second-order valence-electron chi connectivity index (χ2n) is 1.21. The molecule has 3 heteroatoms. The molecule has 0 saturated carbocycles. The first-order valence-corrected chi connectivity index (χ1v) is 2.78. The molecule has 0 aliphatic rings. The van der Waals surface area contributed by atoms with Gasteiger partial charge in [-0.05, 0) is 28.1 Å². The molecule has 0 unspecified atom stereocenters. The number of nitrogens with zero attached hydrogens (tertiary/aromatic N) is 1. The van der Waals surface area contributed by atoms with Gasteiger partial charge < -0.3 is 0 Å². The van der Waals surface area contributed by atoms with Crippen LogP contribution in [-0.2, 0) is 0 Å². The summed E-state index contributed by atoms with van der Waals surface area (Å²) in [5, 5.41) is 0. The summed E-state index contributed by atoms with van der Waals surface area (Å²) in [7, 11) is 0. The van der Waals surface area contributed by atoms with Gasteiger partial charge in [0.2, 0.25) is 5.95 Å². The highest BCUT2D eigenvalue weighted by molar-refractivity contribution is 9.10. The van der Waals surface area contributed by atoms with Gasteiger partial charge in [-0.1, -0.05) is 0 Å². The molecule has 1 heterocycles. The molecule has 0 atom stereocenters. The summed E-state index contributed by atoms with van der Waals surface area (Å²) in [6.07, 6.45) is 2.35. The molecule has 1 rings (SSSR count). The predicted molar refractivity (Wildman–Crippen MR) is 30.7 cm³/mol. The maximum atomic E-state index is 12.1. The molecule has 0 spiro atoms. The van der Waals surface area contributed by atoms with E-state index in [9.17, 15) is 4.39 Å². The van der Waals surface area contributed by atoms with E-state index >= 15 is 0 Å². The topological polar surface area (TPSA) is 12.9 Å². The standard InChI is InChI=1S/C5H2BrFN/c6-4-2-1-3-8-5(4)7/h1-2H.